The van der Waals surface area contributed by atoms with Crippen molar-refractivity contribution in [2.75, 3.05) is 20.2 Å². The Morgan fingerprint density at radius 3 is 2.72 bits per heavy atom. The molecule has 4 rings (SSSR count). The number of nitriles is 1. The molecule has 0 bridgehead atoms. The van der Waals surface area contributed by atoms with E-state index in [1.165, 1.54) is 12.3 Å². The van der Waals surface area contributed by atoms with Crippen LogP contribution in [-0.2, 0) is 13.5 Å². The SMILES string of the molecule is COc1ccc(-c2c(-c3cnc(C#N)c(F)c3)nc(CC[C@H]3CCNC3)c(=O)n2C)cc1. The zero-order valence-electron chi connectivity index (χ0n) is 18.1. The molecule has 7 nitrogen and oxygen atoms in total. The molecule has 1 atom stereocenters. The standard InChI is InChI=1S/C24H24FN5O2/c1-30-23(16-4-6-18(32-2)7-5-16)22(17-11-19(25)21(12-26)28-14-17)29-20(24(30)31)8-3-15-9-10-27-13-15/h4-7,11,14-15,27H,3,8-10,13H2,1-2H3/t15-/m0/s1. The van der Waals surface area contributed by atoms with E-state index in [0.29, 0.717) is 40.7 Å². The lowest BCUT2D eigenvalue weighted by molar-refractivity contribution is 0.415. The van der Waals surface area contributed by atoms with Gasteiger partial charge in [-0.25, -0.2) is 14.4 Å². The first-order chi connectivity index (χ1) is 15.5. The van der Waals surface area contributed by atoms with E-state index in [1.807, 2.05) is 12.1 Å². The van der Waals surface area contributed by atoms with Crippen LogP contribution in [0.1, 0.15) is 24.2 Å². The number of aryl methyl sites for hydroxylation is 1. The average Bonchev–Trinajstić information content (AvgIpc) is 3.33. The fourth-order valence-corrected chi connectivity index (χ4v) is 4.08. The van der Waals surface area contributed by atoms with Crippen LogP contribution in [0.2, 0.25) is 0 Å². The molecule has 1 aromatic carbocycles. The number of nitrogens with zero attached hydrogens (tertiary/aromatic N) is 4. The highest BCUT2D eigenvalue weighted by Gasteiger charge is 2.21. The van der Waals surface area contributed by atoms with Gasteiger partial charge in [-0.15, -0.1) is 0 Å². The molecule has 0 aliphatic carbocycles. The maximum atomic E-state index is 14.4. The van der Waals surface area contributed by atoms with Crippen LogP contribution in [-0.4, -0.2) is 34.7 Å². The first kappa shape index (κ1) is 21.7. The van der Waals surface area contributed by atoms with Gasteiger partial charge in [0.05, 0.1) is 18.5 Å². The first-order valence-electron chi connectivity index (χ1n) is 10.5. The Morgan fingerprint density at radius 2 is 2.09 bits per heavy atom. The van der Waals surface area contributed by atoms with Gasteiger partial charge in [-0.2, -0.15) is 5.26 Å². The lowest BCUT2D eigenvalue weighted by Crippen LogP contribution is -2.26. The van der Waals surface area contributed by atoms with Crippen LogP contribution in [0, 0.1) is 23.1 Å². The summed E-state index contributed by atoms with van der Waals surface area (Å²) in [6.45, 7) is 1.94. The number of benzene rings is 1. The Bertz CT molecular complexity index is 1220. The van der Waals surface area contributed by atoms with Gasteiger partial charge in [0.1, 0.15) is 17.5 Å². The predicted molar refractivity (Wildman–Crippen MR) is 119 cm³/mol. The minimum Gasteiger partial charge on any atom is -0.497 e. The van der Waals surface area contributed by atoms with E-state index >= 15 is 0 Å². The van der Waals surface area contributed by atoms with Crippen molar-refractivity contribution in [3.63, 3.8) is 0 Å². The number of methoxy groups -OCH3 is 1. The van der Waals surface area contributed by atoms with Crippen molar-refractivity contribution in [3.05, 3.63) is 64.1 Å². The van der Waals surface area contributed by atoms with Crippen LogP contribution in [0.5, 0.6) is 5.75 Å². The molecular weight excluding hydrogens is 409 g/mol. The molecule has 1 aliphatic heterocycles. The zero-order valence-corrected chi connectivity index (χ0v) is 18.1. The third-order valence-corrected chi connectivity index (χ3v) is 5.89. The summed E-state index contributed by atoms with van der Waals surface area (Å²) in [5.41, 5.74) is 2.14. The van der Waals surface area contributed by atoms with Gasteiger partial charge in [0.25, 0.3) is 5.56 Å². The molecule has 0 spiro atoms. The highest BCUT2D eigenvalue weighted by Crippen LogP contribution is 2.31. The normalized spacial score (nSPS) is 15.5. The van der Waals surface area contributed by atoms with Gasteiger partial charge in [0.2, 0.25) is 0 Å². The highest BCUT2D eigenvalue weighted by molar-refractivity contribution is 5.78. The molecule has 1 saturated heterocycles. The second-order valence-corrected chi connectivity index (χ2v) is 7.91. The maximum absolute atomic E-state index is 14.4. The maximum Gasteiger partial charge on any atom is 0.272 e. The molecule has 3 aromatic rings. The average molecular weight is 433 g/mol. The fraction of sp³-hybridized carbons (Fsp3) is 0.333. The Morgan fingerprint density at radius 1 is 1.31 bits per heavy atom. The van der Waals surface area contributed by atoms with E-state index in [1.54, 1.807) is 36.9 Å². The second kappa shape index (κ2) is 9.28. The zero-order chi connectivity index (χ0) is 22.7. The third kappa shape index (κ3) is 4.25. The van der Waals surface area contributed by atoms with E-state index in [0.717, 1.165) is 31.5 Å². The molecule has 164 valence electrons. The number of hydrogen-bond acceptors (Lipinski definition) is 6. The third-order valence-electron chi connectivity index (χ3n) is 5.89. The van der Waals surface area contributed by atoms with Crippen LogP contribution in [0.25, 0.3) is 22.5 Å². The number of nitrogens with one attached hydrogen (secondary N) is 1. The first-order valence-corrected chi connectivity index (χ1v) is 10.5. The summed E-state index contributed by atoms with van der Waals surface area (Å²) in [5.74, 6) is 0.473. The van der Waals surface area contributed by atoms with Crippen LogP contribution < -0.4 is 15.6 Å². The van der Waals surface area contributed by atoms with Gasteiger partial charge >= 0.3 is 0 Å². The summed E-state index contributed by atoms with van der Waals surface area (Å²) in [4.78, 5) is 21.8. The van der Waals surface area contributed by atoms with Gasteiger partial charge in [0, 0.05) is 24.4 Å². The van der Waals surface area contributed by atoms with E-state index in [-0.39, 0.29) is 11.3 Å². The number of pyridine rings is 1. The van der Waals surface area contributed by atoms with Crippen molar-refractivity contribution in [2.45, 2.75) is 19.3 Å². The molecule has 2 aromatic heterocycles. The van der Waals surface area contributed by atoms with Gasteiger partial charge in [-0.1, -0.05) is 0 Å². The van der Waals surface area contributed by atoms with Gasteiger partial charge in [0.15, 0.2) is 11.5 Å². The molecule has 1 aliphatic rings. The van der Waals surface area contributed by atoms with Crippen LogP contribution >= 0.6 is 0 Å². The van der Waals surface area contributed by atoms with Crippen molar-refractivity contribution < 1.29 is 9.13 Å². The molecule has 1 fully saturated rings. The van der Waals surface area contributed by atoms with E-state index in [9.17, 15) is 9.18 Å². The summed E-state index contributed by atoms with van der Waals surface area (Å²) in [5, 5.41) is 12.4. The minimum atomic E-state index is -0.722. The summed E-state index contributed by atoms with van der Waals surface area (Å²) >= 11 is 0. The summed E-state index contributed by atoms with van der Waals surface area (Å²) in [6, 6.07) is 10.2. The second-order valence-electron chi connectivity index (χ2n) is 7.91. The van der Waals surface area contributed by atoms with Crippen molar-refractivity contribution >= 4 is 0 Å². The van der Waals surface area contributed by atoms with Gasteiger partial charge in [-0.3, -0.25) is 4.79 Å². The number of ether oxygens (including phenoxy) is 1. The fourth-order valence-electron chi connectivity index (χ4n) is 4.08. The number of hydrogen-bond donors (Lipinski definition) is 1. The van der Waals surface area contributed by atoms with Crippen LogP contribution in [0.4, 0.5) is 4.39 Å². The Labute approximate surface area is 185 Å². The van der Waals surface area contributed by atoms with E-state index in [2.05, 4.69) is 10.3 Å². The Balaban J connectivity index is 1.85. The van der Waals surface area contributed by atoms with Crippen LogP contribution in [0.3, 0.4) is 0 Å². The highest BCUT2D eigenvalue weighted by atomic mass is 19.1. The molecule has 0 radical (unpaired) electrons. The van der Waals surface area contributed by atoms with Gasteiger partial charge < -0.3 is 14.6 Å². The van der Waals surface area contributed by atoms with Crippen molar-refractivity contribution in [1.29, 1.82) is 5.26 Å². The topological polar surface area (TPSA) is 92.8 Å². The summed E-state index contributed by atoms with van der Waals surface area (Å²) in [7, 11) is 3.28. The molecule has 1 N–H and O–H groups in total. The summed E-state index contributed by atoms with van der Waals surface area (Å²) in [6.07, 6.45) is 3.91. The van der Waals surface area contributed by atoms with Crippen molar-refractivity contribution in [2.24, 2.45) is 13.0 Å². The number of halogens is 1. The predicted octanol–water partition coefficient (Wildman–Crippen LogP) is 3.07. The minimum absolute atomic E-state index is 0.174. The molecule has 8 heteroatoms. The monoisotopic (exact) mass is 433 g/mol. The van der Waals surface area contributed by atoms with Gasteiger partial charge in [-0.05, 0) is 68.6 Å². The number of aromatic nitrogens is 3. The smallest absolute Gasteiger partial charge is 0.272 e. The number of rotatable bonds is 6. The molecule has 0 unspecified atom stereocenters. The van der Waals surface area contributed by atoms with E-state index in [4.69, 9.17) is 15.0 Å². The largest absolute Gasteiger partial charge is 0.497 e. The lowest BCUT2D eigenvalue weighted by Gasteiger charge is -2.17. The lowest BCUT2D eigenvalue weighted by atomic mass is 10.00. The van der Waals surface area contributed by atoms with Crippen molar-refractivity contribution in [3.8, 4) is 34.3 Å². The summed E-state index contributed by atoms with van der Waals surface area (Å²) < 4.78 is 21.2. The molecule has 32 heavy (non-hydrogen) atoms. The molecule has 0 amide bonds. The Hall–Kier alpha value is -3.57. The quantitative estimate of drug-likeness (QED) is 0.642. The molecule has 0 saturated carbocycles. The Kier molecular flexibility index (Phi) is 6.28. The molecule has 3 heterocycles. The van der Waals surface area contributed by atoms with Crippen molar-refractivity contribution in [1.82, 2.24) is 19.9 Å². The molecular formula is C24H24FN5O2. The van der Waals surface area contributed by atoms with Crippen LogP contribution in [0.15, 0.2) is 41.3 Å². The van der Waals surface area contributed by atoms with E-state index < -0.39 is 5.82 Å².